The lowest BCUT2D eigenvalue weighted by Crippen LogP contribution is -2.31. The van der Waals surface area contributed by atoms with Gasteiger partial charge in [-0.1, -0.05) is 30.3 Å². The van der Waals surface area contributed by atoms with Crippen molar-refractivity contribution in [3.05, 3.63) is 59.9 Å². The number of nitrogens with one attached hydrogen (secondary N) is 1. The van der Waals surface area contributed by atoms with Crippen LogP contribution in [-0.4, -0.2) is 27.9 Å². The fourth-order valence-corrected chi connectivity index (χ4v) is 2.37. The molecule has 0 fully saturated rings. The molecule has 0 aliphatic heterocycles. The number of hydrogen-bond donors (Lipinski definition) is 1. The van der Waals surface area contributed by atoms with E-state index in [1.165, 1.54) is 0 Å². The van der Waals surface area contributed by atoms with Crippen LogP contribution >= 0.6 is 0 Å². The maximum absolute atomic E-state index is 12.8. The van der Waals surface area contributed by atoms with Crippen LogP contribution in [0.15, 0.2) is 48.8 Å². The molecule has 2 aromatic rings. The highest BCUT2D eigenvalue weighted by molar-refractivity contribution is 5.94. The Hall–Kier alpha value is -2.36. The van der Waals surface area contributed by atoms with Gasteiger partial charge in [0.15, 0.2) is 0 Å². The number of carbonyl (C=O) groups excluding carboxylic acids is 1. The van der Waals surface area contributed by atoms with Crippen molar-refractivity contribution in [3.8, 4) is 0 Å². The second kappa shape index (κ2) is 7.27. The van der Waals surface area contributed by atoms with E-state index in [1.54, 1.807) is 12.4 Å². The van der Waals surface area contributed by atoms with Gasteiger partial charge in [0.05, 0.1) is 11.3 Å². The zero-order valence-electron chi connectivity index (χ0n) is 14.3. The molecule has 122 valence electrons. The zero-order chi connectivity index (χ0) is 16.9. The van der Waals surface area contributed by atoms with Crippen LogP contribution in [0.5, 0.6) is 0 Å². The molecule has 1 heterocycles. The minimum atomic E-state index is -0.0716. The van der Waals surface area contributed by atoms with Gasteiger partial charge in [0.1, 0.15) is 0 Å². The topological polar surface area (TPSA) is 45.2 Å². The lowest BCUT2D eigenvalue weighted by molar-refractivity contribution is 0.0752. The van der Waals surface area contributed by atoms with Gasteiger partial charge in [0.25, 0.3) is 5.91 Å². The molecule has 23 heavy (non-hydrogen) atoms. The van der Waals surface area contributed by atoms with E-state index in [2.05, 4.69) is 31.1 Å². The third kappa shape index (κ3) is 5.09. The average Bonchev–Trinajstić information content (AvgIpc) is 2.51. The number of hydrogen-bond acceptors (Lipinski definition) is 3. The summed E-state index contributed by atoms with van der Waals surface area (Å²) >= 11 is 0. The fraction of sp³-hybridized carbons (Fsp3) is 0.368. The first kappa shape index (κ1) is 17.0. The summed E-state index contributed by atoms with van der Waals surface area (Å²) in [6.45, 7) is 9.49. The van der Waals surface area contributed by atoms with Gasteiger partial charge >= 0.3 is 0 Å². The SMILES string of the molecule is CCN(Cc1ccccc1)C(=O)c1cncc(NC(C)(C)C)c1. The van der Waals surface area contributed by atoms with E-state index < -0.39 is 0 Å². The molecule has 0 atom stereocenters. The highest BCUT2D eigenvalue weighted by Gasteiger charge is 2.16. The van der Waals surface area contributed by atoms with E-state index >= 15 is 0 Å². The molecule has 0 aliphatic rings. The Kier molecular flexibility index (Phi) is 5.37. The second-order valence-electron chi connectivity index (χ2n) is 6.64. The summed E-state index contributed by atoms with van der Waals surface area (Å²) in [5.41, 5.74) is 2.52. The molecule has 0 saturated carbocycles. The van der Waals surface area contributed by atoms with Crippen LogP contribution in [0.4, 0.5) is 5.69 Å². The number of rotatable bonds is 5. The Balaban J connectivity index is 2.16. The van der Waals surface area contributed by atoms with E-state index in [-0.39, 0.29) is 11.4 Å². The Morgan fingerprint density at radius 1 is 1.17 bits per heavy atom. The van der Waals surface area contributed by atoms with Crippen LogP contribution in [0.1, 0.15) is 43.6 Å². The summed E-state index contributed by atoms with van der Waals surface area (Å²) in [7, 11) is 0. The number of nitrogens with zero attached hydrogens (tertiary/aromatic N) is 2. The first-order chi connectivity index (χ1) is 10.9. The Bertz CT molecular complexity index is 647. The monoisotopic (exact) mass is 311 g/mol. The van der Waals surface area contributed by atoms with Gasteiger partial charge in [-0.3, -0.25) is 9.78 Å². The summed E-state index contributed by atoms with van der Waals surface area (Å²) in [5.74, 6) is 0.00131. The molecular weight excluding hydrogens is 286 g/mol. The number of pyridine rings is 1. The molecule has 0 bridgehead atoms. The summed E-state index contributed by atoms with van der Waals surface area (Å²) < 4.78 is 0. The van der Waals surface area contributed by atoms with Gasteiger partial charge in [-0.15, -0.1) is 0 Å². The molecule has 0 saturated heterocycles. The van der Waals surface area contributed by atoms with Crippen LogP contribution in [0.3, 0.4) is 0 Å². The minimum absolute atomic E-state index is 0.00131. The predicted octanol–water partition coefficient (Wildman–Crippen LogP) is 3.95. The van der Waals surface area contributed by atoms with Gasteiger partial charge in [-0.25, -0.2) is 0 Å². The lowest BCUT2D eigenvalue weighted by Gasteiger charge is -2.23. The average molecular weight is 311 g/mol. The van der Waals surface area contributed by atoms with Crippen molar-refractivity contribution in [2.75, 3.05) is 11.9 Å². The van der Waals surface area contributed by atoms with E-state index in [9.17, 15) is 4.79 Å². The largest absolute Gasteiger partial charge is 0.379 e. The standard InChI is InChI=1S/C19H25N3O/c1-5-22(14-15-9-7-6-8-10-15)18(23)16-11-17(13-20-12-16)21-19(2,3)4/h6-13,21H,5,14H2,1-4H3. The van der Waals surface area contributed by atoms with Gasteiger partial charge in [0.2, 0.25) is 0 Å². The summed E-state index contributed by atoms with van der Waals surface area (Å²) in [6.07, 6.45) is 3.37. The Morgan fingerprint density at radius 3 is 2.48 bits per heavy atom. The molecule has 1 N–H and O–H groups in total. The lowest BCUT2D eigenvalue weighted by atomic mass is 10.1. The molecule has 4 heteroatoms. The van der Waals surface area contributed by atoms with Crippen LogP contribution in [-0.2, 0) is 6.54 Å². The molecular formula is C19H25N3O. The Labute approximate surface area is 138 Å². The maximum atomic E-state index is 12.8. The molecule has 0 spiro atoms. The molecule has 2 rings (SSSR count). The molecule has 0 radical (unpaired) electrons. The van der Waals surface area contributed by atoms with Crippen LogP contribution in [0.25, 0.3) is 0 Å². The predicted molar refractivity (Wildman–Crippen MR) is 94.5 cm³/mol. The van der Waals surface area contributed by atoms with Gasteiger partial charge in [-0.05, 0) is 39.3 Å². The van der Waals surface area contributed by atoms with Crippen molar-refractivity contribution >= 4 is 11.6 Å². The van der Waals surface area contributed by atoms with Crippen LogP contribution in [0, 0.1) is 0 Å². The highest BCUT2D eigenvalue weighted by Crippen LogP contribution is 2.17. The molecule has 4 nitrogen and oxygen atoms in total. The smallest absolute Gasteiger partial charge is 0.255 e. The molecule has 1 amide bonds. The molecule has 0 unspecified atom stereocenters. The first-order valence-electron chi connectivity index (χ1n) is 7.95. The summed E-state index contributed by atoms with van der Waals surface area (Å²) in [6, 6.07) is 11.9. The van der Waals surface area contributed by atoms with Crippen LogP contribution < -0.4 is 5.32 Å². The summed E-state index contributed by atoms with van der Waals surface area (Å²) in [5, 5.41) is 3.35. The van der Waals surface area contributed by atoms with Crippen molar-refractivity contribution in [1.82, 2.24) is 9.88 Å². The van der Waals surface area contributed by atoms with Crippen molar-refractivity contribution in [2.24, 2.45) is 0 Å². The quantitative estimate of drug-likeness (QED) is 0.909. The van der Waals surface area contributed by atoms with Gasteiger partial charge in [-0.2, -0.15) is 0 Å². The molecule has 0 aliphatic carbocycles. The van der Waals surface area contributed by atoms with Gasteiger partial charge in [0, 0.05) is 31.0 Å². The number of amides is 1. The van der Waals surface area contributed by atoms with Crippen LogP contribution in [0.2, 0.25) is 0 Å². The fourth-order valence-electron chi connectivity index (χ4n) is 2.37. The highest BCUT2D eigenvalue weighted by atomic mass is 16.2. The third-order valence-electron chi connectivity index (χ3n) is 3.39. The number of aromatic nitrogens is 1. The van der Waals surface area contributed by atoms with E-state index in [1.807, 2.05) is 48.2 Å². The first-order valence-corrected chi connectivity index (χ1v) is 7.95. The second-order valence-corrected chi connectivity index (χ2v) is 6.64. The Morgan fingerprint density at radius 2 is 1.87 bits per heavy atom. The molecule has 1 aromatic heterocycles. The van der Waals surface area contributed by atoms with E-state index in [0.29, 0.717) is 18.7 Å². The van der Waals surface area contributed by atoms with Crippen molar-refractivity contribution in [1.29, 1.82) is 0 Å². The zero-order valence-corrected chi connectivity index (χ0v) is 14.3. The van der Waals surface area contributed by atoms with E-state index in [0.717, 1.165) is 11.3 Å². The number of benzene rings is 1. The summed E-state index contributed by atoms with van der Waals surface area (Å²) in [4.78, 5) is 18.8. The van der Waals surface area contributed by atoms with Crippen molar-refractivity contribution < 1.29 is 4.79 Å². The third-order valence-corrected chi connectivity index (χ3v) is 3.39. The van der Waals surface area contributed by atoms with Crippen molar-refractivity contribution in [2.45, 2.75) is 39.8 Å². The van der Waals surface area contributed by atoms with E-state index in [4.69, 9.17) is 0 Å². The van der Waals surface area contributed by atoms with Crippen molar-refractivity contribution in [3.63, 3.8) is 0 Å². The van der Waals surface area contributed by atoms with Gasteiger partial charge < -0.3 is 10.2 Å². The normalized spacial score (nSPS) is 11.1. The number of anilines is 1. The minimum Gasteiger partial charge on any atom is -0.379 e. The molecule has 1 aromatic carbocycles. The maximum Gasteiger partial charge on any atom is 0.255 e. The number of carbonyl (C=O) groups is 1.